The molecule has 2 unspecified atom stereocenters. The number of nitrogens with one attached hydrogen (secondary N) is 1. The minimum absolute atomic E-state index is 0.0431. The molecular weight excluding hydrogens is 194 g/mol. The van der Waals surface area contributed by atoms with Crippen LogP contribution >= 0.6 is 0 Å². The summed E-state index contributed by atoms with van der Waals surface area (Å²) in [5, 5.41) is 2.98. The predicted octanol–water partition coefficient (Wildman–Crippen LogP) is 1.34. The van der Waals surface area contributed by atoms with Gasteiger partial charge in [-0.3, -0.25) is 4.79 Å². The van der Waals surface area contributed by atoms with Crippen molar-refractivity contribution in [3.05, 3.63) is 0 Å². The van der Waals surface area contributed by atoms with E-state index in [0.717, 1.165) is 13.0 Å². The molecule has 0 saturated heterocycles. The molecule has 0 amide bonds. The van der Waals surface area contributed by atoms with Crippen molar-refractivity contribution in [1.82, 2.24) is 5.32 Å². The molecule has 0 bridgehead atoms. The van der Waals surface area contributed by atoms with Crippen LogP contribution in [-0.2, 0) is 14.3 Å². The molecule has 4 heteroatoms. The number of methoxy groups -OCH3 is 1. The molecule has 4 nitrogen and oxygen atoms in total. The Bertz CT molecular complexity index is 196. The van der Waals surface area contributed by atoms with Crippen LogP contribution in [0.5, 0.6) is 0 Å². The summed E-state index contributed by atoms with van der Waals surface area (Å²) in [5.74, 6) is -0.253. The fourth-order valence-corrected chi connectivity index (χ4v) is 1.47. The summed E-state index contributed by atoms with van der Waals surface area (Å²) < 4.78 is 10.3. The quantitative estimate of drug-likeness (QED) is 0.654. The van der Waals surface area contributed by atoms with Crippen LogP contribution in [0.25, 0.3) is 0 Å². The molecule has 0 fully saturated rings. The molecule has 0 aromatic carbocycles. The SMILES string of the molecule is CCCOC(C)CC(C)(NC)C(=O)OC. The number of hydrogen-bond acceptors (Lipinski definition) is 4. The van der Waals surface area contributed by atoms with Crippen LogP contribution in [0.15, 0.2) is 0 Å². The number of ether oxygens (including phenoxy) is 2. The van der Waals surface area contributed by atoms with Crippen LogP contribution in [0.1, 0.15) is 33.6 Å². The maximum absolute atomic E-state index is 11.5. The Kier molecular flexibility index (Phi) is 6.52. The zero-order valence-corrected chi connectivity index (χ0v) is 10.4. The van der Waals surface area contributed by atoms with Crippen LogP contribution in [0.4, 0.5) is 0 Å². The molecule has 0 aliphatic heterocycles. The van der Waals surface area contributed by atoms with Gasteiger partial charge in [-0.2, -0.15) is 0 Å². The van der Waals surface area contributed by atoms with Gasteiger partial charge in [-0.15, -0.1) is 0 Å². The first kappa shape index (κ1) is 14.4. The average molecular weight is 217 g/mol. The fourth-order valence-electron chi connectivity index (χ4n) is 1.47. The molecular formula is C11H23NO3. The average Bonchev–Trinajstić information content (AvgIpc) is 2.24. The maximum Gasteiger partial charge on any atom is 0.325 e. The molecule has 0 radical (unpaired) electrons. The number of carbonyl (C=O) groups is 1. The monoisotopic (exact) mass is 217 g/mol. The van der Waals surface area contributed by atoms with Gasteiger partial charge in [-0.1, -0.05) is 6.92 Å². The number of carbonyl (C=O) groups excluding carboxylic acids is 1. The molecule has 0 aliphatic rings. The van der Waals surface area contributed by atoms with Crippen LogP contribution < -0.4 is 5.32 Å². The van der Waals surface area contributed by atoms with Gasteiger partial charge in [0.05, 0.1) is 13.2 Å². The van der Waals surface area contributed by atoms with E-state index in [1.54, 1.807) is 7.05 Å². The highest BCUT2D eigenvalue weighted by molar-refractivity contribution is 5.80. The highest BCUT2D eigenvalue weighted by Gasteiger charge is 2.34. The van der Waals surface area contributed by atoms with Crippen molar-refractivity contribution in [2.75, 3.05) is 20.8 Å². The number of rotatable bonds is 7. The highest BCUT2D eigenvalue weighted by Crippen LogP contribution is 2.16. The first-order valence-electron chi connectivity index (χ1n) is 5.39. The van der Waals surface area contributed by atoms with Crippen molar-refractivity contribution in [2.45, 2.75) is 45.3 Å². The summed E-state index contributed by atoms with van der Waals surface area (Å²) in [6, 6.07) is 0. The van der Waals surface area contributed by atoms with Crippen LogP contribution in [0, 0.1) is 0 Å². The third kappa shape index (κ3) is 4.62. The van der Waals surface area contributed by atoms with Crippen molar-refractivity contribution >= 4 is 5.97 Å². The van der Waals surface area contributed by atoms with E-state index in [1.807, 2.05) is 13.8 Å². The van der Waals surface area contributed by atoms with Crippen molar-refractivity contribution in [3.8, 4) is 0 Å². The Balaban J connectivity index is 4.23. The highest BCUT2D eigenvalue weighted by atomic mass is 16.5. The van der Waals surface area contributed by atoms with Crippen LogP contribution in [0.3, 0.4) is 0 Å². The third-order valence-electron chi connectivity index (χ3n) is 2.49. The van der Waals surface area contributed by atoms with Gasteiger partial charge in [-0.05, 0) is 27.3 Å². The van der Waals surface area contributed by atoms with Crippen LogP contribution in [0.2, 0.25) is 0 Å². The van der Waals surface area contributed by atoms with Gasteiger partial charge in [0.25, 0.3) is 0 Å². The molecule has 15 heavy (non-hydrogen) atoms. The lowest BCUT2D eigenvalue weighted by Crippen LogP contribution is -2.50. The van der Waals surface area contributed by atoms with Gasteiger partial charge >= 0.3 is 5.97 Å². The van der Waals surface area contributed by atoms with E-state index < -0.39 is 5.54 Å². The fraction of sp³-hybridized carbons (Fsp3) is 0.909. The normalized spacial score (nSPS) is 16.9. The molecule has 0 spiro atoms. The smallest absolute Gasteiger partial charge is 0.325 e. The minimum Gasteiger partial charge on any atom is -0.468 e. The van der Waals surface area contributed by atoms with Gasteiger partial charge < -0.3 is 14.8 Å². The summed E-state index contributed by atoms with van der Waals surface area (Å²) in [4.78, 5) is 11.5. The van der Waals surface area contributed by atoms with Gasteiger partial charge in [0.1, 0.15) is 5.54 Å². The van der Waals surface area contributed by atoms with E-state index in [2.05, 4.69) is 12.2 Å². The molecule has 0 saturated carbocycles. The second-order valence-electron chi connectivity index (χ2n) is 3.96. The van der Waals surface area contributed by atoms with Gasteiger partial charge in [0, 0.05) is 13.0 Å². The molecule has 2 atom stereocenters. The van der Waals surface area contributed by atoms with Gasteiger partial charge in [0.2, 0.25) is 0 Å². The third-order valence-corrected chi connectivity index (χ3v) is 2.49. The zero-order valence-electron chi connectivity index (χ0n) is 10.4. The number of likely N-dealkylation sites (N-methyl/N-ethyl adjacent to an activating group) is 1. The Morgan fingerprint density at radius 2 is 2.13 bits per heavy atom. The molecule has 0 rings (SSSR count). The first-order chi connectivity index (χ1) is 7.00. The van der Waals surface area contributed by atoms with E-state index >= 15 is 0 Å². The molecule has 1 N–H and O–H groups in total. The molecule has 0 heterocycles. The van der Waals surface area contributed by atoms with Crippen molar-refractivity contribution in [2.24, 2.45) is 0 Å². The van der Waals surface area contributed by atoms with Crippen molar-refractivity contribution < 1.29 is 14.3 Å². The van der Waals surface area contributed by atoms with E-state index in [4.69, 9.17) is 9.47 Å². The molecule has 0 aromatic rings. The van der Waals surface area contributed by atoms with E-state index in [1.165, 1.54) is 7.11 Å². The standard InChI is InChI=1S/C11H23NO3/c1-6-7-15-9(2)8-11(3,12-4)10(13)14-5/h9,12H,6-8H2,1-5H3. The second kappa shape index (κ2) is 6.80. The van der Waals surface area contributed by atoms with Crippen molar-refractivity contribution in [1.29, 1.82) is 0 Å². The molecule has 0 aliphatic carbocycles. The molecule has 90 valence electrons. The second-order valence-corrected chi connectivity index (χ2v) is 3.96. The Labute approximate surface area is 92.3 Å². The lowest BCUT2D eigenvalue weighted by molar-refractivity contribution is -0.149. The lowest BCUT2D eigenvalue weighted by atomic mass is 9.95. The van der Waals surface area contributed by atoms with Crippen LogP contribution in [-0.4, -0.2) is 38.4 Å². The number of hydrogen-bond donors (Lipinski definition) is 1. The van der Waals surface area contributed by atoms with E-state index in [-0.39, 0.29) is 12.1 Å². The maximum atomic E-state index is 11.5. The zero-order chi connectivity index (χ0) is 11.9. The summed E-state index contributed by atoms with van der Waals surface area (Å²) in [7, 11) is 3.15. The first-order valence-corrected chi connectivity index (χ1v) is 5.39. The Morgan fingerprint density at radius 3 is 2.53 bits per heavy atom. The topological polar surface area (TPSA) is 47.6 Å². The van der Waals surface area contributed by atoms with E-state index in [9.17, 15) is 4.79 Å². The Hall–Kier alpha value is -0.610. The lowest BCUT2D eigenvalue weighted by Gasteiger charge is -2.28. The van der Waals surface area contributed by atoms with Gasteiger partial charge in [0.15, 0.2) is 0 Å². The number of esters is 1. The Morgan fingerprint density at radius 1 is 1.53 bits per heavy atom. The minimum atomic E-state index is -0.665. The van der Waals surface area contributed by atoms with Crippen molar-refractivity contribution in [3.63, 3.8) is 0 Å². The largest absolute Gasteiger partial charge is 0.468 e. The summed E-state index contributed by atoms with van der Waals surface area (Å²) in [5.41, 5.74) is -0.665. The summed E-state index contributed by atoms with van der Waals surface area (Å²) >= 11 is 0. The summed E-state index contributed by atoms with van der Waals surface area (Å²) in [6.45, 7) is 6.57. The van der Waals surface area contributed by atoms with Gasteiger partial charge in [-0.25, -0.2) is 0 Å². The molecule has 0 aromatic heterocycles. The van der Waals surface area contributed by atoms with E-state index in [0.29, 0.717) is 6.42 Å². The predicted molar refractivity (Wildman–Crippen MR) is 59.8 cm³/mol. The summed E-state index contributed by atoms with van der Waals surface area (Å²) in [6.07, 6.45) is 1.64.